The van der Waals surface area contributed by atoms with Crippen molar-refractivity contribution in [2.24, 2.45) is 11.3 Å². The van der Waals surface area contributed by atoms with E-state index in [0.717, 1.165) is 31.3 Å². The van der Waals surface area contributed by atoms with Gasteiger partial charge in [-0.05, 0) is 110 Å². The highest BCUT2D eigenvalue weighted by Crippen LogP contribution is 2.39. The van der Waals surface area contributed by atoms with E-state index in [9.17, 15) is 28.8 Å². The maximum absolute atomic E-state index is 16.2. The molecule has 0 bridgehead atoms. The van der Waals surface area contributed by atoms with E-state index in [1.807, 2.05) is 6.07 Å². The minimum absolute atomic E-state index is 0.0323. The molecule has 0 unspecified atom stereocenters. The number of ether oxygens (including phenoxy) is 7. The Labute approximate surface area is 393 Å². The Morgan fingerprint density at radius 3 is 1.78 bits per heavy atom. The molecule has 4 rings (SSSR count). The first kappa shape index (κ1) is 53.3. The normalized spacial score (nSPS) is 14.5. The van der Waals surface area contributed by atoms with Gasteiger partial charge in [0.25, 0.3) is 0 Å². The number of esters is 6. The molecule has 1 aliphatic rings. The predicted molar refractivity (Wildman–Crippen MR) is 249 cm³/mol. The summed E-state index contributed by atoms with van der Waals surface area (Å²) in [6, 6.07) is 18.6. The van der Waals surface area contributed by atoms with E-state index in [0.29, 0.717) is 29.0 Å². The van der Waals surface area contributed by atoms with E-state index >= 15 is 4.39 Å². The number of hydrogen-bond donors (Lipinski definition) is 0. The maximum Gasteiger partial charge on any atom is 0.333 e. The summed E-state index contributed by atoms with van der Waals surface area (Å²) in [7, 11) is 2.20. The second kappa shape index (κ2) is 26.7. The summed E-state index contributed by atoms with van der Waals surface area (Å²) in [6.45, 7) is 10.3. The van der Waals surface area contributed by atoms with Crippen molar-refractivity contribution in [2.75, 3.05) is 47.3 Å². The minimum Gasteiger partial charge on any atom is -0.492 e. The van der Waals surface area contributed by atoms with Gasteiger partial charge in [-0.25, -0.2) is 14.0 Å². The lowest BCUT2D eigenvalue weighted by Gasteiger charge is -2.32. The molecule has 0 spiro atoms. The lowest BCUT2D eigenvalue weighted by Crippen LogP contribution is -2.44. The van der Waals surface area contributed by atoms with Crippen LogP contribution >= 0.6 is 0 Å². The van der Waals surface area contributed by atoms with E-state index in [4.69, 9.17) is 23.7 Å². The van der Waals surface area contributed by atoms with Gasteiger partial charge in [0.2, 0.25) is 0 Å². The topological polar surface area (TPSA) is 167 Å². The first-order valence-electron chi connectivity index (χ1n) is 22.8. The van der Waals surface area contributed by atoms with Crippen molar-refractivity contribution in [3.63, 3.8) is 0 Å². The lowest BCUT2D eigenvalue weighted by molar-refractivity contribution is -0.165. The highest BCUT2D eigenvalue weighted by Gasteiger charge is 2.38. The monoisotopic (exact) mass is 928 g/mol. The molecule has 0 saturated heterocycles. The van der Waals surface area contributed by atoms with Crippen LogP contribution in [0.15, 0.2) is 85.0 Å². The first-order valence-corrected chi connectivity index (χ1v) is 22.8. The number of aryl methyl sites for hydroxylation is 1. The van der Waals surface area contributed by atoms with Crippen molar-refractivity contribution in [1.82, 2.24) is 0 Å². The van der Waals surface area contributed by atoms with Crippen molar-refractivity contribution < 1.29 is 66.3 Å². The van der Waals surface area contributed by atoms with Crippen LogP contribution in [0.2, 0.25) is 0 Å². The molecule has 1 saturated carbocycles. The molecule has 0 aromatic heterocycles. The summed E-state index contributed by atoms with van der Waals surface area (Å²) in [6.07, 6.45) is 9.23. The molecule has 0 heterocycles. The second-order valence-corrected chi connectivity index (χ2v) is 17.3. The van der Waals surface area contributed by atoms with E-state index < -0.39 is 86.3 Å². The molecule has 0 radical (unpaired) electrons. The standard InChI is InChI=1S/C53H65FO13/c1-8-9-10-12-37-14-16-38(17-15-37)39-18-20-40(21-19-39)41-22-24-44(45(54)28-41)42-23-25-46(43(27-42)13-11-26-63-51(59)35(2)3)64-31-53(34-67-52(60)36(4)5,32-65-49(57)29-47(55)61-6)33-66-50(58)30-48(56)62-7/h18-25,27-28,37-38H,2,4,8-17,26,29-34H2,1,3,5-7H3. The number of halogens is 1. The van der Waals surface area contributed by atoms with Gasteiger partial charge >= 0.3 is 35.8 Å². The fourth-order valence-electron chi connectivity index (χ4n) is 7.75. The third kappa shape index (κ3) is 17.1. The van der Waals surface area contributed by atoms with Crippen LogP contribution in [0, 0.1) is 17.2 Å². The molecule has 362 valence electrons. The van der Waals surface area contributed by atoms with Gasteiger partial charge in [-0.1, -0.05) is 88.2 Å². The quantitative estimate of drug-likeness (QED) is 0.0246. The third-order valence-corrected chi connectivity index (χ3v) is 11.8. The molecule has 1 aliphatic carbocycles. The maximum atomic E-state index is 16.2. The van der Waals surface area contributed by atoms with Crippen LogP contribution < -0.4 is 4.74 Å². The van der Waals surface area contributed by atoms with E-state index in [1.165, 1.54) is 76.8 Å². The van der Waals surface area contributed by atoms with Crippen molar-refractivity contribution >= 4 is 35.8 Å². The minimum atomic E-state index is -1.62. The fraction of sp³-hybridized carbons (Fsp3) is 0.472. The van der Waals surface area contributed by atoms with Crippen LogP contribution in [0.4, 0.5) is 4.39 Å². The van der Waals surface area contributed by atoms with Crippen LogP contribution in [-0.4, -0.2) is 83.1 Å². The molecule has 0 atom stereocenters. The number of unbranched alkanes of at least 4 members (excludes halogenated alkanes) is 2. The fourth-order valence-corrected chi connectivity index (χ4v) is 7.75. The Bertz CT molecular complexity index is 2170. The molecule has 14 heteroatoms. The number of benzene rings is 3. The number of rotatable bonds is 26. The summed E-state index contributed by atoms with van der Waals surface area (Å²) in [5.74, 6) is -3.90. The van der Waals surface area contributed by atoms with Gasteiger partial charge in [0.1, 0.15) is 56.3 Å². The SMILES string of the molecule is C=C(C)C(=O)OCCCc1cc(-c2ccc(-c3ccc(C4CCC(CCCCC)CC4)cc3)cc2F)ccc1OCC(COC(=O)CC(=O)OC)(COC(=O)CC(=O)OC)COC(=O)C(=C)C. The Morgan fingerprint density at radius 1 is 0.642 bits per heavy atom. The molecule has 3 aromatic carbocycles. The summed E-state index contributed by atoms with van der Waals surface area (Å²) in [4.78, 5) is 73.8. The van der Waals surface area contributed by atoms with Gasteiger partial charge in [0.05, 0.1) is 20.8 Å². The molecular formula is C53H65FO13. The molecule has 1 fully saturated rings. The van der Waals surface area contributed by atoms with Gasteiger partial charge in [0, 0.05) is 16.7 Å². The highest BCUT2D eigenvalue weighted by molar-refractivity contribution is 5.92. The molecule has 0 amide bonds. The van der Waals surface area contributed by atoms with Crippen LogP contribution in [-0.2, 0) is 63.6 Å². The molecule has 67 heavy (non-hydrogen) atoms. The summed E-state index contributed by atoms with van der Waals surface area (Å²) >= 11 is 0. The second-order valence-electron chi connectivity index (χ2n) is 17.3. The molecule has 0 N–H and O–H groups in total. The van der Waals surface area contributed by atoms with Crippen LogP contribution in [0.3, 0.4) is 0 Å². The number of methoxy groups -OCH3 is 2. The number of hydrogen-bond acceptors (Lipinski definition) is 13. The summed E-state index contributed by atoms with van der Waals surface area (Å²) in [5, 5.41) is 0. The molecule has 3 aromatic rings. The lowest BCUT2D eigenvalue weighted by atomic mass is 9.77. The third-order valence-electron chi connectivity index (χ3n) is 11.8. The average Bonchev–Trinajstić information content (AvgIpc) is 3.32. The van der Waals surface area contributed by atoms with Gasteiger partial charge < -0.3 is 33.2 Å². The Kier molecular flexibility index (Phi) is 21.3. The number of carbonyl (C=O) groups is 6. The van der Waals surface area contributed by atoms with Crippen LogP contribution in [0.25, 0.3) is 22.3 Å². The zero-order chi connectivity index (χ0) is 48.9. The Balaban J connectivity index is 1.62. The number of carbonyl (C=O) groups excluding carboxylic acids is 6. The van der Waals surface area contributed by atoms with Gasteiger partial charge in [0.15, 0.2) is 0 Å². The van der Waals surface area contributed by atoms with E-state index in [1.54, 1.807) is 24.3 Å². The first-order chi connectivity index (χ1) is 32.1. The zero-order valence-electron chi connectivity index (χ0n) is 39.5. The van der Waals surface area contributed by atoms with Crippen molar-refractivity contribution in [3.05, 3.63) is 102 Å². The van der Waals surface area contributed by atoms with Gasteiger partial charge in [-0.3, -0.25) is 19.2 Å². The Hall–Kier alpha value is -6.31. The smallest absolute Gasteiger partial charge is 0.333 e. The molecular weight excluding hydrogens is 864 g/mol. The van der Waals surface area contributed by atoms with Gasteiger partial charge in [-0.2, -0.15) is 0 Å². The van der Waals surface area contributed by atoms with E-state index in [2.05, 4.69) is 53.8 Å². The predicted octanol–water partition coefficient (Wildman–Crippen LogP) is 9.76. The van der Waals surface area contributed by atoms with Gasteiger partial charge in [-0.15, -0.1) is 0 Å². The van der Waals surface area contributed by atoms with Crippen LogP contribution in [0.1, 0.15) is 108 Å². The molecule has 0 aliphatic heterocycles. The van der Waals surface area contributed by atoms with E-state index in [-0.39, 0.29) is 29.9 Å². The summed E-state index contributed by atoms with van der Waals surface area (Å²) < 4.78 is 53.3. The highest BCUT2D eigenvalue weighted by atomic mass is 19.1. The van der Waals surface area contributed by atoms with Crippen LogP contribution in [0.5, 0.6) is 5.75 Å². The molecule has 13 nitrogen and oxygen atoms in total. The summed E-state index contributed by atoms with van der Waals surface area (Å²) in [5.41, 5.74) is 3.04. The van der Waals surface area contributed by atoms with Crippen molar-refractivity contribution in [1.29, 1.82) is 0 Å². The largest absolute Gasteiger partial charge is 0.492 e. The van der Waals surface area contributed by atoms with Crippen molar-refractivity contribution in [3.8, 4) is 28.0 Å². The Morgan fingerprint density at radius 2 is 1.21 bits per heavy atom. The zero-order valence-corrected chi connectivity index (χ0v) is 39.5. The van der Waals surface area contributed by atoms with Crippen molar-refractivity contribution in [2.45, 2.75) is 104 Å². The average molecular weight is 929 g/mol.